The van der Waals surface area contributed by atoms with Crippen LogP contribution in [0.3, 0.4) is 0 Å². The van der Waals surface area contributed by atoms with E-state index in [-0.39, 0.29) is 22.3 Å². The SMILES string of the molecule is N#CC1CCN(S(=O)(=O)C2CC2)CC1.O=S(=O)(C1CC1)N1CCC(C(O)n2nnc3ccccc32)CC1.c1ccc2n[nH]nc2c1. The minimum Gasteiger partial charge on any atom is -0.371 e. The predicted octanol–water partition coefficient (Wildman–Crippen LogP) is 2.80. The zero-order valence-electron chi connectivity index (χ0n) is 25.5. The standard InChI is InChI=1S/C15H20N4O3S.C9H14N2O2S.C6H5N3/c20-15(19-14-4-2-1-3-13(14)16-17-19)11-7-9-18(10-8-11)23(21,22)12-5-6-12;10-7-8-3-5-11(6-4-8)14(12,13)9-1-2-9;1-2-4-6-5(3-1)7-9-8-6/h1-4,11-12,15,20H,5-10H2;8-9H,1-6H2;1-4H,(H,7,8,9). The Morgan fingerprint density at radius 2 is 1.22 bits per heavy atom. The van der Waals surface area contributed by atoms with Crippen molar-refractivity contribution in [2.24, 2.45) is 11.8 Å². The number of sulfonamides is 2. The van der Waals surface area contributed by atoms with Crippen LogP contribution in [0.1, 0.15) is 57.6 Å². The molecule has 2 saturated heterocycles. The maximum Gasteiger partial charge on any atom is 0.216 e. The third-order valence-electron chi connectivity index (χ3n) is 9.02. The largest absolute Gasteiger partial charge is 0.371 e. The Bertz CT molecular complexity index is 1850. The van der Waals surface area contributed by atoms with Gasteiger partial charge in [0.05, 0.1) is 22.1 Å². The van der Waals surface area contributed by atoms with E-state index in [1.807, 2.05) is 48.5 Å². The van der Waals surface area contributed by atoms with Gasteiger partial charge in [0.1, 0.15) is 16.6 Å². The van der Waals surface area contributed by atoms with E-state index in [9.17, 15) is 21.9 Å². The molecule has 2 aliphatic heterocycles. The average Bonchev–Trinajstić information content (AvgIpc) is 4.03. The number of hydrogen-bond acceptors (Lipinski definition) is 10. The number of nitrogens with zero attached hydrogens (tertiary/aromatic N) is 8. The Morgan fingerprint density at radius 1 is 0.739 bits per heavy atom. The number of benzene rings is 2. The summed E-state index contributed by atoms with van der Waals surface area (Å²) in [5.74, 6) is 0.0476. The number of aromatic nitrogens is 6. The first-order valence-electron chi connectivity index (χ1n) is 15.8. The molecule has 2 aromatic carbocycles. The third-order valence-corrected chi connectivity index (χ3v) is 13.8. The molecule has 4 aromatic rings. The maximum absolute atomic E-state index is 12.3. The summed E-state index contributed by atoms with van der Waals surface area (Å²) in [4.78, 5) is 0. The molecule has 0 bridgehead atoms. The van der Waals surface area contributed by atoms with Crippen LogP contribution < -0.4 is 0 Å². The smallest absolute Gasteiger partial charge is 0.216 e. The summed E-state index contributed by atoms with van der Waals surface area (Å²) in [5.41, 5.74) is 3.38. The molecule has 0 spiro atoms. The van der Waals surface area contributed by atoms with Crippen LogP contribution in [0.4, 0.5) is 0 Å². The van der Waals surface area contributed by atoms with Crippen molar-refractivity contribution < 1.29 is 21.9 Å². The maximum atomic E-state index is 12.3. The third kappa shape index (κ3) is 7.23. The number of H-pyrrole nitrogens is 1. The fourth-order valence-electron chi connectivity index (χ4n) is 5.89. The molecular weight excluding hydrogens is 631 g/mol. The molecule has 0 amide bonds. The monoisotopic (exact) mass is 669 g/mol. The first-order chi connectivity index (χ1) is 22.2. The molecule has 2 N–H and O–H groups in total. The molecule has 2 aromatic heterocycles. The highest BCUT2D eigenvalue weighted by Gasteiger charge is 2.42. The molecule has 246 valence electrons. The van der Waals surface area contributed by atoms with E-state index in [1.54, 1.807) is 13.3 Å². The first kappa shape index (κ1) is 32.5. The molecule has 2 aliphatic carbocycles. The van der Waals surface area contributed by atoms with Crippen LogP contribution in [0.25, 0.3) is 22.1 Å². The lowest BCUT2D eigenvalue weighted by Crippen LogP contribution is -2.42. The van der Waals surface area contributed by atoms with Gasteiger partial charge in [0.2, 0.25) is 20.0 Å². The van der Waals surface area contributed by atoms with Gasteiger partial charge in [-0.15, -0.1) is 5.10 Å². The van der Waals surface area contributed by atoms with Crippen molar-refractivity contribution in [2.75, 3.05) is 26.2 Å². The van der Waals surface area contributed by atoms with E-state index in [4.69, 9.17) is 5.26 Å². The van der Waals surface area contributed by atoms with E-state index in [1.165, 1.54) is 0 Å². The van der Waals surface area contributed by atoms with Crippen LogP contribution in [-0.2, 0) is 20.0 Å². The number of fused-ring (bicyclic) bond motifs is 2. The van der Waals surface area contributed by atoms with Gasteiger partial charge in [-0.1, -0.05) is 29.5 Å². The molecule has 8 rings (SSSR count). The van der Waals surface area contributed by atoms with Gasteiger partial charge in [0.15, 0.2) is 6.23 Å². The van der Waals surface area contributed by atoms with Gasteiger partial charge in [0.25, 0.3) is 0 Å². The van der Waals surface area contributed by atoms with Crippen molar-refractivity contribution >= 4 is 42.1 Å². The van der Waals surface area contributed by atoms with E-state index >= 15 is 0 Å². The zero-order valence-corrected chi connectivity index (χ0v) is 27.1. The van der Waals surface area contributed by atoms with Crippen LogP contribution in [0.5, 0.6) is 0 Å². The van der Waals surface area contributed by atoms with Crippen LogP contribution >= 0.6 is 0 Å². The quantitative estimate of drug-likeness (QED) is 0.309. The Kier molecular flexibility index (Phi) is 9.67. The van der Waals surface area contributed by atoms with Crippen LogP contribution in [0, 0.1) is 23.2 Å². The molecule has 1 atom stereocenters. The van der Waals surface area contributed by atoms with Gasteiger partial charge < -0.3 is 5.11 Å². The zero-order chi connectivity index (χ0) is 32.3. The fourth-order valence-corrected chi connectivity index (χ4v) is 9.64. The summed E-state index contributed by atoms with van der Waals surface area (Å²) < 4.78 is 52.8. The topological polar surface area (TPSA) is 191 Å². The number of nitrogens with one attached hydrogen (secondary N) is 1. The Hall–Kier alpha value is -3.49. The van der Waals surface area contributed by atoms with Crippen molar-refractivity contribution in [1.29, 1.82) is 5.26 Å². The molecular formula is C30H39N9O5S2. The number of rotatable bonds is 6. The predicted molar refractivity (Wildman–Crippen MR) is 171 cm³/mol. The molecule has 16 heteroatoms. The highest BCUT2D eigenvalue weighted by Crippen LogP contribution is 2.35. The van der Waals surface area contributed by atoms with E-state index < -0.39 is 26.3 Å². The number of aliphatic hydroxyl groups excluding tert-OH is 1. The number of hydrogen-bond donors (Lipinski definition) is 2. The van der Waals surface area contributed by atoms with Gasteiger partial charge in [-0.3, -0.25) is 0 Å². The van der Waals surface area contributed by atoms with Gasteiger partial charge >= 0.3 is 0 Å². The Morgan fingerprint density at radius 3 is 1.72 bits per heavy atom. The first-order valence-corrected chi connectivity index (χ1v) is 18.8. The molecule has 4 heterocycles. The summed E-state index contributed by atoms with van der Waals surface area (Å²) >= 11 is 0. The van der Waals surface area contributed by atoms with Crippen LogP contribution in [0.2, 0.25) is 0 Å². The van der Waals surface area contributed by atoms with Gasteiger partial charge in [-0.05, 0) is 75.6 Å². The number of nitriles is 1. The summed E-state index contributed by atoms with van der Waals surface area (Å²) in [6.07, 6.45) is 5.12. The van der Waals surface area contributed by atoms with Gasteiger partial charge in [-0.25, -0.2) is 30.1 Å². The second-order valence-electron chi connectivity index (χ2n) is 12.3. The molecule has 1 unspecified atom stereocenters. The van der Waals surface area contributed by atoms with Crippen LogP contribution in [0.15, 0.2) is 48.5 Å². The van der Waals surface area contributed by atoms with E-state index in [2.05, 4.69) is 31.8 Å². The minimum atomic E-state index is -3.11. The van der Waals surface area contributed by atoms with Crippen molar-refractivity contribution in [3.8, 4) is 6.07 Å². The number of aliphatic hydroxyl groups is 1. The van der Waals surface area contributed by atoms with E-state index in [0.717, 1.165) is 47.8 Å². The van der Waals surface area contributed by atoms with Gasteiger partial charge in [0, 0.05) is 38.0 Å². The van der Waals surface area contributed by atoms with Crippen molar-refractivity contribution in [2.45, 2.75) is 68.1 Å². The number of para-hydroxylation sites is 3. The van der Waals surface area contributed by atoms with Gasteiger partial charge in [-0.2, -0.15) is 20.7 Å². The molecule has 46 heavy (non-hydrogen) atoms. The lowest BCUT2D eigenvalue weighted by molar-refractivity contribution is 0.0106. The molecule has 0 radical (unpaired) electrons. The summed E-state index contributed by atoms with van der Waals surface area (Å²) in [6.45, 7) is 2.04. The summed E-state index contributed by atoms with van der Waals surface area (Å²) in [5, 5.41) is 37.5. The van der Waals surface area contributed by atoms with Crippen molar-refractivity contribution in [1.82, 2.24) is 39.0 Å². The summed E-state index contributed by atoms with van der Waals surface area (Å²) in [7, 11) is -6.11. The Labute approximate surface area is 268 Å². The number of piperidine rings is 2. The van der Waals surface area contributed by atoms with Crippen molar-refractivity contribution in [3.63, 3.8) is 0 Å². The Balaban J connectivity index is 0.000000136. The second-order valence-corrected chi connectivity index (χ2v) is 16.7. The molecule has 4 fully saturated rings. The lowest BCUT2D eigenvalue weighted by atomic mass is 9.96. The normalized spacial score (nSPS) is 21.1. The average molecular weight is 670 g/mol. The van der Waals surface area contributed by atoms with E-state index in [0.29, 0.717) is 51.9 Å². The molecule has 2 saturated carbocycles. The van der Waals surface area contributed by atoms with Crippen LogP contribution in [-0.4, -0.2) is 97.6 Å². The second kappa shape index (κ2) is 13.7. The molecule has 4 aliphatic rings. The van der Waals surface area contributed by atoms with Crippen molar-refractivity contribution in [3.05, 3.63) is 48.5 Å². The highest BCUT2D eigenvalue weighted by atomic mass is 32.2. The highest BCUT2D eigenvalue weighted by molar-refractivity contribution is 7.90. The molecule has 14 nitrogen and oxygen atoms in total. The minimum absolute atomic E-state index is 0.00856. The summed E-state index contributed by atoms with van der Waals surface area (Å²) in [6, 6.07) is 17.4. The fraction of sp³-hybridized carbons (Fsp3) is 0.567. The number of aromatic amines is 1. The lowest BCUT2D eigenvalue weighted by Gasteiger charge is -2.33.